The lowest BCUT2D eigenvalue weighted by molar-refractivity contribution is 0.946. The van der Waals surface area contributed by atoms with Crippen LogP contribution in [-0.2, 0) is 0 Å². The van der Waals surface area contributed by atoms with Crippen LogP contribution in [0.2, 0.25) is 0 Å². The molecule has 3 rings (SSSR count). The predicted molar refractivity (Wildman–Crippen MR) is 75.3 cm³/mol. The lowest BCUT2D eigenvalue weighted by Crippen LogP contribution is -2.00. The fourth-order valence-corrected chi connectivity index (χ4v) is 2.16. The van der Waals surface area contributed by atoms with Gasteiger partial charge in [0, 0.05) is 27.9 Å². The van der Waals surface area contributed by atoms with E-state index in [1.165, 1.54) is 0 Å². The van der Waals surface area contributed by atoms with Crippen molar-refractivity contribution >= 4 is 27.4 Å². The Morgan fingerprint density at radius 2 is 1.89 bits per heavy atom. The summed E-state index contributed by atoms with van der Waals surface area (Å²) in [4.78, 5) is 4.41. The van der Waals surface area contributed by atoms with Crippen molar-refractivity contribution in [2.75, 3.05) is 5.73 Å². The molecule has 5 heteroatoms. The summed E-state index contributed by atoms with van der Waals surface area (Å²) in [6.45, 7) is 1.92. The van der Waals surface area contributed by atoms with Crippen LogP contribution in [0.4, 0.5) is 5.82 Å². The second kappa shape index (κ2) is 4.10. The molecule has 2 N–H and O–H groups in total. The third kappa shape index (κ3) is 1.86. The van der Waals surface area contributed by atoms with Crippen LogP contribution in [0.25, 0.3) is 16.9 Å². The van der Waals surface area contributed by atoms with Crippen molar-refractivity contribution in [1.29, 1.82) is 0 Å². The number of benzene rings is 1. The summed E-state index contributed by atoms with van der Waals surface area (Å²) in [6, 6.07) is 11.7. The number of nitrogens with zero attached hydrogens (tertiary/aromatic N) is 3. The van der Waals surface area contributed by atoms with Crippen molar-refractivity contribution in [2.24, 2.45) is 0 Å². The molecule has 0 spiro atoms. The molecular formula is C13H11BrN4. The molecule has 3 aromatic rings. The summed E-state index contributed by atoms with van der Waals surface area (Å²) in [6.07, 6.45) is 0. The van der Waals surface area contributed by atoms with Gasteiger partial charge in [-0.15, -0.1) is 0 Å². The Kier molecular flexibility index (Phi) is 2.56. The zero-order chi connectivity index (χ0) is 12.7. The maximum absolute atomic E-state index is 5.93. The van der Waals surface area contributed by atoms with Crippen molar-refractivity contribution < 1.29 is 0 Å². The monoisotopic (exact) mass is 302 g/mol. The van der Waals surface area contributed by atoms with Gasteiger partial charge in [-0.3, -0.25) is 0 Å². The van der Waals surface area contributed by atoms with Crippen LogP contribution in [0.15, 0.2) is 40.9 Å². The van der Waals surface area contributed by atoms with E-state index in [0.29, 0.717) is 5.82 Å². The number of rotatable bonds is 1. The number of anilines is 1. The van der Waals surface area contributed by atoms with Gasteiger partial charge in [-0.05, 0) is 19.1 Å². The first kappa shape index (κ1) is 11.2. The minimum absolute atomic E-state index is 0.598. The molecule has 0 unspecified atom stereocenters. The molecule has 0 aliphatic rings. The third-order valence-electron chi connectivity index (χ3n) is 2.72. The van der Waals surface area contributed by atoms with Gasteiger partial charge in [0.25, 0.3) is 0 Å². The van der Waals surface area contributed by atoms with E-state index in [0.717, 1.165) is 27.1 Å². The first-order valence-electron chi connectivity index (χ1n) is 5.52. The van der Waals surface area contributed by atoms with E-state index in [2.05, 4.69) is 26.0 Å². The normalized spacial score (nSPS) is 11.0. The van der Waals surface area contributed by atoms with Gasteiger partial charge in [0.2, 0.25) is 0 Å². The highest BCUT2D eigenvalue weighted by Gasteiger charge is 2.07. The summed E-state index contributed by atoms with van der Waals surface area (Å²) in [5, 5.41) is 4.47. The fraction of sp³-hybridized carbons (Fsp3) is 0.0769. The predicted octanol–water partition coefficient (Wildman–Crippen LogP) is 3.05. The molecule has 0 atom stereocenters. The van der Waals surface area contributed by atoms with Gasteiger partial charge in [0.15, 0.2) is 5.65 Å². The molecule has 1 aromatic carbocycles. The molecule has 0 aliphatic carbocycles. The summed E-state index contributed by atoms with van der Waals surface area (Å²) >= 11 is 3.42. The van der Waals surface area contributed by atoms with Crippen LogP contribution in [0.5, 0.6) is 0 Å². The fourth-order valence-electron chi connectivity index (χ4n) is 1.89. The highest BCUT2D eigenvalue weighted by molar-refractivity contribution is 9.10. The van der Waals surface area contributed by atoms with Crippen molar-refractivity contribution in [2.45, 2.75) is 6.92 Å². The number of aryl methyl sites for hydroxylation is 1. The van der Waals surface area contributed by atoms with Gasteiger partial charge in [-0.2, -0.15) is 9.61 Å². The number of halogens is 1. The van der Waals surface area contributed by atoms with Crippen molar-refractivity contribution in [3.05, 3.63) is 46.6 Å². The number of nitrogens with two attached hydrogens (primary N) is 1. The lowest BCUT2D eigenvalue weighted by Gasteiger charge is -1.99. The van der Waals surface area contributed by atoms with Gasteiger partial charge in [-0.25, -0.2) is 4.98 Å². The summed E-state index contributed by atoms with van der Waals surface area (Å²) < 4.78 is 2.70. The lowest BCUT2D eigenvalue weighted by atomic mass is 10.2. The molecule has 2 aromatic heterocycles. The quantitative estimate of drug-likeness (QED) is 0.751. The Hall–Kier alpha value is -1.88. The van der Waals surface area contributed by atoms with E-state index in [1.54, 1.807) is 4.52 Å². The summed E-state index contributed by atoms with van der Waals surface area (Å²) in [7, 11) is 0. The molecule has 0 saturated heterocycles. The SMILES string of the molecule is Cc1cc(N)n2nc(-c3ccc(Br)cc3)cc2n1. The number of aromatic nitrogens is 3. The van der Waals surface area contributed by atoms with E-state index in [4.69, 9.17) is 5.73 Å². The van der Waals surface area contributed by atoms with Gasteiger partial charge in [-0.1, -0.05) is 28.1 Å². The molecule has 2 heterocycles. The Morgan fingerprint density at radius 3 is 2.61 bits per heavy atom. The Labute approximate surface area is 113 Å². The van der Waals surface area contributed by atoms with Gasteiger partial charge in [0.05, 0.1) is 5.69 Å². The van der Waals surface area contributed by atoms with Crippen LogP contribution in [0, 0.1) is 6.92 Å². The van der Waals surface area contributed by atoms with Gasteiger partial charge < -0.3 is 5.73 Å². The number of hydrogen-bond donors (Lipinski definition) is 1. The Morgan fingerprint density at radius 1 is 1.17 bits per heavy atom. The van der Waals surface area contributed by atoms with E-state index in [1.807, 2.05) is 43.3 Å². The standard InChI is InChI=1S/C13H11BrN4/c1-8-6-12(15)18-13(16-8)7-11(17-18)9-2-4-10(14)5-3-9/h2-7H,15H2,1H3. The smallest absolute Gasteiger partial charge is 0.158 e. The number of hydrogen-bond acceptors (Lipinski definition) is 3. The average molecular weight is 303 g/mol. The molecule has 0 bridgehead atoms. The van der Waals surface area contributed by atoms with E-state index in [9.17, 15) is 0 Å². The Balaban J connectivity index is 2.19. The first-order valence-corrected chi connectivity index (χ1v) is 6.31. The van der Waals surface area contributed by atoms with Crippen molar-refractivity contribution in [3.8, 4) is 11.3 Å². The van der Waals surface area contributed by atoms with Gasteiger partial charge >= 0.3 is 0 Å². The molecular weight excluding hydrogens is 292 g/mol. The zero-order valence-corrected chi connectivity index (χ0v) is 11.3. The third-order valence-corrected chi connectivity index (χ3v) is 3.25. The van der Waals surface area contributed by atoms with Crippen molar-refractivity contribution in [1.82, 2.24) is 14.6 Å². The number of fused-ring (bicyclic) bond motifs is 1. The molecule has 18 heavy (non-hydrogen) atoms. The second-order valence-electron chi connectivity index (χ2n) is 4.13. The molecule has 0 aliphatic heterocycles. The summed E-state index contributed by atoms with van der Waals surface area (Å²) in [5.74, 6) is 0.598. The van der Waals surface area contributed by atoms with E-state index in [-0.39, 0.29) is 0 Å². The van der Waals surface area contributed by atoms with Crippen LogP contribution in [0.3, 0.4) is 0 Å². The second-order valence-corrected chi connectivity index (χ2v) is 5.04. The molecule has 0 amide bonds. The highest BCUT2D eigenvalue weighted by Crippen LogP contribution is 2.22. The highest BCUT2D eigenvalue weighted by atomic mass is 79.9. The van der Waals surface area contributed by atoms with Crippen LogP contribution >= 0.6 is 15.9 Å². The van der Waals surface area contributed by atoms with Gasteiger partial charge in [0.1, 0.15) is 5.82 Å². The van der Waals surface area contributed by atoms with Crippen molar-refractivity contribution in [3.63, 3.8) is 0 Å². The zero-order valence-electron chi connectivity index (χ0n) is 9.76. The molecule has 0 saturated carbocycles. The van der Waals surface area contributed by atoms with E-state index >= 15 is 0 Å². The van der Waals surface area contributed by atoms with Crippen LogP contribution < -0.4 is 5.73 Å². The maximum Gasteiger partial charge on any atom is 0.158 e. The minimum Gasteiger partial charge on any atom is -0.384 e. The molecule has 0 fully saturated rings. The minimum atomic E-state index is 0.598. The summed E-state index contributed by atoms with van der Waals surface area (Å²) in [5.41, 5.74) is 9.50. The molecule has 4 nitrogen and oxygen atoms in total. The molecule has 90 valence electrons. The topological polar surface area (TPSA) is 56.2 Å². The van der Waals surface area contributed by atoms with Crippen LogP contribution in [-0.4, -0.2) is 14.6 Å². The first-order chi connectivity index (χ1) is 8.63. The largest absolute Gasteiger partial charge is 0.384 e. The number of nitrogen functional groups attached to an aromatic ring is 1. The van der Waals surface area contributed by atoms with Crippen LogP contribution in [0.1, 0.15) is 5.69 Å². The molecule has 0 radical (unpaired) electrons. The van der Waals surface area contributed by atoms with E-state index < -0.39 is 0 Å². The maximum atomic E-state index is 5.93. The average Bonchev–Trinajstić information content (AvgIpc) is 2.74. The Bertz CT molecular complexity index is 716.